The molecule has 0 aliphatic heterocycles. The molecule has 0 fully saturated rings. The van der Waals surface area contributed by atoms with Crippen LogP contribution in [0.1, 0.15) is 49.3 Å². The average molecular weight is 298 g/mol. The van der Waals surface area contributed by atoms with E-state index in [1.54, 1.807) is 12.1 Å². The van der Waals surface area contributed by atoms with Crippen LogP contribution in [-0.2, 0) is 19.3 Å². The second-order valence-corrected chi connectivity index (χ2v) is 5.99. The molecule has 2 heteroatoms. The fourth-order valence-electron chi connectivity index (χ4n) is 2.79. The van der Waals surface area contributed by atoms with E-state index in [2.05, 4.69) is 31.2 Å². The Hall–Kier alpha value is -1.96. The van der Waals surface area contributed by atoms with Gasteiger partial charge in [-0.3, -0.25) is 0 Å². The minimum Gasteiger partial charge on any atom is -0.508 e. The monoisotopic (exact) mass is 298 g/mol. The lowest BCUT2D eigenvalue weighted by Gasteiger charge is -2.07. The van der Waals surface area contributed by atoms with Gasteiger partial charge in [-0.1, -0.05) is 50.5 Å². The maximum absolute atomic E-state index is 9.52. The fourth-order valence-corrected chi connectivity index (χ4v) is 2.79. The molecular formula is C20H26O2. The van der Waals surface area contributed by atoms with Crippen molar-refractivity contribution in [2.24, 2.45) is 0 Å². The second kappa shape index (κ2) is 8.47. The van der Waals surface area contributed by atoms with Gasteiger partial charge in [0.1, 0.15) is 11.5 Å². The van der Waals surface area contributed by atoms with Crippen LogP contribution in [0.4, 0.5) is 0 Å². The maximum atomic E-state index is 9.52. The Labute approximate surface area is 133 Å². The highest BCUT2D eigenvalue weighted by atomic mass is 16.3. The Kier molecular flexibility index (Phi) is 6.32. The summed E-state index contributed by atoms with van der Waals surface area (Å²) < 4.78 is 0. The van der Waals surface area contributed by atoms with E-state index in [1.165, 1.54) is 42.9 Å². The van der Waals surface area contributed by atoms with E-state index in [0.717, 1.165) is 24.8 Å². The highest BCUT2D eigenvalue weighted by molar-refractivity contribution is 5.37. The van der Waals surface area contributed by atoms with Gasteiger partial charge >= 0.3 is 0 Å². The first-order valence-electron chi connectivity index (χ1n) is 8.27. The number of hydrogen-bond acceptors (Lipinski definition) is 2. The first kappa shape index (κ1) is 16.4. The van der Waals surface area contributed by atoms with Gasteiger partial charge in [0.25, 0.3) is 0 Å². The number of rotatable bonds is 8. The maximum Gasteiger partial charge on any atom is 0.119 e. The lowest BCUT2D eigenvalue weighted by Crippen LogP contribution is -1.93. The zero-order valence-corrected chi connectivity index (χ0v) is 13.4. The predicted octanol–water partition coefficient (Wildman–Crippen LogP) is 5.01. The first-order chi connectivity index (χ1) is 10.7. The van der Waals surface area contributed by atoms with E-state index in [9.17, 15) is 10.2 Å². The molecule has 0 atom stereocenters. The molecule has 2 nitrogen and oxygen atoms in total. The Morgan fingerprint density at radius 3 is 2.00 bits per heavy atom. The minimum atomic E-state index is 0.125. The zero-order valence-electron chi connectivity index (χ0n) is 13.4. The van der Waals surface area contributed by atoms with Gasteiger partial charge in [0, 0.05) is 6.07 Å². The van der Waals surface area contributed by atoms with Crippen LogP contribution in [0.3, 0.4) is 0 Å². The van der Waals surface area contributed by atoms with E-state index in [0.29, 0.717) is 0 Å². The Bertz CT molecular complexity index is 570. The third-order valence-electron chi connectivity index (χ3n) is 3.98. The van der Waals surface area contributed by atoms with Crippen molar-refractivity contribution in [3.63, 3.8) is 0 Å². The molecule has 0 saturated carbocycles. The Morgan fingerprint density at radius 1 is 0.682 bits per heavy atom. The third-order valence-corrected chi connectivity index (χ3v) is 3.98. The molecule has 0 saturated heterocycles. The molecular weight excluding hydrogens is 272 g/mol. The molecule has 22 heavy (non-hydrogen) atoms. The molecule has 2 N–H and O–H groups in total. The van der Waals surface area contributed by atoms with Crippen molar-refractivity contribution in [3.8, 4) is 11.5 Å². The fraction of sp³-hybridized carbons (Fsp3) is 0.400. The van der Waals surface area contributed by atoms with Crippen LogP contribution in [0.25, 0.3) is 0 Å². The number of aryl methyl sites for hydroxylation is 3. The van der Waals surface area contributed by atoms with Crippen LogP contribution < -0.4 is 0 Å². The number of benzene rings is 2. The van der Waals surface area contributed by atoms with Crippen LogP contribution >= 0.6 is 0 Å². The summed E-state index contributed by atoms with van der Waals surface area (Å²) in [6.07, 6.45) is 8.06. The third kappa shape index (κ3) is 5.44. The molecule has 0 amide bonds. The molecule has 0 heterocycles. The van der Waals surface area contributed by atoms with Crippen LogP contribution in [0.15, 0.2) is 42.5 Å². The smallest absolute Gasteiger partial charge is 0.119 e. The van der Waals surface area contributed by atoms with Crippen molar-refractivity contribution in [1.29, 1.82) is 0 Å². The van der Waals surface area contributed by atoms with Crippen LogP contribution in [0, 0.1) is 0 Å². The number of hydrogen-bond donors (Lipinski definition) is 2. The van der Waals surface area contributed by atoms with E-state index >= 15 is 0 Å². The van der Waals surface area contributed by atoms with E-state index < -0.39 is 0 Å². The number of aromatic hydroxyl groups is 2. The quantitative estimate of drug-likeness (QED) is 0.673. The summed E-state index contributed by atoms with van der Waals surface area (Å²) in [6, 6.07) is 13.6. The highest BCUT2D eigenvalue weighted by Gasteiger charge is 2.02. The van der Waals surface area contributed by atoms with Gasteiger partial charge in [-0.25, -0.2) is 0 Å². The van der Waals surface area contributed by atoms with Gasteiger partial charge in [0.15, 0.2) is 0 Å². The van der Waals surface area contributed by atoms with E-state index in [1.807, 2.05) is 0 Å². The molecule has 2 rings (SSSR count). The van der Waals surface area contributed by atoms with Crippen LogP contribution in [0.2, 0.25) is 0 Å². The van der Waals surface area contributed by atoms with Crippen molar-refractivity contribution in [2.75, 3.05) is 0 Å². The van der Waals surface area contributed by atoms with Gasteiger partial charge in [-0.15, -0.1) is 0 Å². The summed E-state index contributed by atoms with van der Waals surface area (Å²) in [7, 11) is 0. The van der Waals surface area contributed by atoms with Gasteiger partial charge in [0.2, 0.25) is 0 Å². The predicted molar refractivity (Wildman–Crippen MR) is 91.5 cm³/mol. The van der Waals surface area contributed by atoms with Gasteiger partial charge < -0.3 is 10.2 Å². The van der Waals surface area contributed by atoms with Crippen molar-refractivity contribution in [2.45, 2.75) is 51.9 Å². The molecule has 2 aromatic carbocycles. The molecule has 0 bridgehead atoms. The lowest BCUT2D eigenvalue weighted by atomic mass is 10.00. The second-order valence-electron chi connectivity index (χ2n) is 5.99. The molecule has 0 aliphatic rings. The van der Waals surface area contributed by atoms with Gasteiger partial charge in [0.05, 0.1) is 0 Å². The van der Waals surface area contributed by atoms with Gasteiger partial charge in [-0.2, -0.15) is 0 Å². The number of phenolic OH excluding ortho intramolecular Hbond substituents is 2. The summed E-state index contributed by atoms with van der Waals surface area (Å²) in [5.41, 5.74) is 3.69. The van der Waals surface area contributed by atoms with E-state index in [-0.39, 0.29) is 11.5 Å². The first-order valence-corrected chi connectivity index (χ1v) is 8.27. The Morgan fingerprint density at radius 2 is 1.32 bits per heavy atom. The molecule has 0 aromatic heterocycles. The zero-order chi connectivity index (χ0) is 15.8. The molecule has 0 unspecified atom stereocenters. The summed E-state index contributed by atoms with van der Waals surface area (Å²) in [6.45, 7) is 2.24. The topological polar surface area (TPSA) is 40.5 Å². The number of phenols is 2. The molecule has 2 aromatic rings. The highest BCUT2D eigenvalue weighted by Crippen LogP contribution is 2.21. The molecule has 0 spiro atoms. The molecule has 0 aliphatic carbocycles. The average Bonchev–Trinajstić information content (AvgIpc) is 2.49. The van der Waals surface area contributed by atoms with Crippen molar-refractivity contribution >= 4 is 0 Å². The van der Waals surface area contributed by atoms with Gasteiger partial charge in [-0.05, 0) is 54.5 Å². The van der Waals surface area contributed by atoms with Crippen molar-refractivity contribution in [3.05, 3.63) is 59.2 Å². The van der Waals surface area contributed by atoms with E-state index in [4.69, 9.17) is 0 Å². The molecule has 118 valence electrons. The summed E-state index contributed by atoms with van der Waals surface area (Å²) in [5.74, 6) is 0.249. The summed E-state index contributed by atoms with van der Waals surface area (Å²) in [5, 5.41) is 19.0. The largest absolute Gasteiger partial charge is 0.508 e. The standard InChI is InChI=1S/C20H26O2/c1-2-3-4-5-7-16-8-6-9-17(12-16)10-11-18-13-19(21)15-20(22)14-18/h6,8-9,12-15,21-22H,2-5,7,10-11H2,1H3. The van der Waals surface area contributed by atoms with Crippen LogP contribution in [0.5, 0.6) is 11.5 Å². The number of unbranched alkanes of at least 4 members (excludes halogenated alkanes) is 3. The SMILES string of the molecule is CCCCCCc1cccc(CCc2cc(O)cc(O)c2)c1. The lowest BCUT2D eigenvalue weighted by molar-refractivity contribution is 0.449. The summed E-state index contributed by atoms with van der Waals surface area (Å²) >= 11 is 0. The summed E-state index contributed by atoms with van der Waals surface area (Å²) in [4.78, 5) is 0. The van der Waals surface area contributed by atoms with Crippen molar-refractivity contribution < 1.29 is 10.2 Å². The normalized spacial score (nSPS) is 10.8. The van der Waals surface area contributed by atoms with Crippen LogP contribution in [-0.4, -0.2) is 10.2 Å². The molecule has 0 radical (unpaired) electrons. The Balaban J connectivity index is 1.89. The minimum absolute atomic E-state index is 0.125. The van der Waals surface area contributed by atoms with Crippen molar-refractivity contribution in [1.82, 2.24) is 0 Å².